The Morgan fingerprint density at radius 3 is 2.62 bits per heavy atom. The summed E-state index contributed by atoms with van der Waals surface area (Å²) in [6.45, 7) is 2.37. The van der Waals surface area contributed by atoms with Gasteiger partial charge in [-0.05, 0) is 24.1 Å². The van der Waals surface area contributed by atoms with Crippen molar-refractivity contribution < 1.29 is 9.90 Å². The van der Waals surface area contributed by atoms with Gasteiger partial charge in [0.1, 0.15) is 0 Å². The standard InChI is InChI=1S/C17H16N2O2/c1-12(17(20)21)14-8-6-13(7-9-14)11-19-16-5-3-2-4-15(16)10-18-19/h2-10,12H,11H2,1H3,(H,20,21). The van der Waals surface area contributed by atoms with E-state index < -0.39 is 11.9 Å². The lowest BCUT2D eigenvalue weighted by atomic mass is 10.0. The summed E-state index contributed by atoms with van der Waals surface area (Å²) in [6.07, 6.45) is 1.86. The molecule has 0 aliphatic rings. The van der Waals surface area contributed by atoms with Crippen LogP contribution < -0.4 is 0 Å². The maximum atomic E-state index is 11.0. The minimum absolute atomic E-state index is 0.482. The Morgan fingerprint density at radius 1 is 1.19 bits per heavy atom. The molecule has 0 aliphatic heterocycles. The molecule has 1 unspecified atom stereocenters. The number of fused-ring (bicyclic) bond motifs is 1. The fourth-order valence-corrected chi connectivity index (χ4v) is 2.38. The summed E-state index contributed by atoms with van der Waals surface area (Å²) >= 11 is 0. The van der Waals surface area contributed by atoms with Gasteiger partial charge in [0, 0.05) is 5.39 Å². The van der Waals surface area contributed by atoms with Crippen LogP contribution in [0.5, 0.6) is 0 Å². The first-order chi connectivity index (χ1) is 10.1. The van der Waals surface area contributed by atoms with E-state index in [0.717, 1.165) is 22.0 Å². The number of rotatable bonds is 4. The van der Waals surface area contributed by atoms with Crippen molar-refractivity contribution >= 4 is 16.9 Å². The predicted molar refractivity (Wildman–Crippen MR) is 81.3 cm³/mol. The molecular formula is C17H16N2O2. The van der Waals surface area contributed by atoms with Crippen LogP contribution in [0, 0.1) is 0 Å². The number of aliphatic carboxylic acids is 1. The van der Waals surface area contributed by atoms with E-state index in [9.17, 15) is 4.79 Å². The third-order valence-electron chi connectivity index (χ3n) is 3.73. The molecule has 1 heterocycles. The van der Waals surface area contributed by atoms with E-state index in [2.05, 4.69) is 5.10 Å². The van der Waals surface area contributed by atoms with E-state index in [0.29, 0.717) is 6.54 Å². The van der Waals surface area contributed by atoms with Gasteiger partial charge in [0.15, 0.2) is 0 Å². The second-order valence-corrected chi connectivity index (χ2v) is 5.16. The zero-order chi connectivity index (χ0) is 14.8. The number of nitrogens with zero attached hydrogens (tertiary/aromatic N) is 2. The topological polar surface area (TPSA) is 55.1 Å². The summed E-state index contributed by atoms with van der Waals surface area (Å²) < 4.78 is 1.95. The van der Waals surface area contributed by atoms with Gasteiger partial charge in [-0.15, -0.1) is 0 Å². The van der Waals surface area contributed by atoms with Crippen molar-refractivity contribution in [1.82, 2.24) is 9.78 Å². The second-order valence-electron chi connectivity index (χ2n) is 5.16. The summed E-state index contributed by atoms with van der Waals surface area (Å²) in [7, 11) is 0. The fourth-order valence-electron chi connectivity index (χ4n) is 2.38. The molecule has 0 fully saturated rings. The molecule has 0 radical (unpaired) electrons. The van der Waals surface area contributed by atoms with Gasteiger partial charge in [-0.3, -0.25) is 9.48 Å². The van der Waals surface area contributed by atoms with E-state index in [-0.39, 0.29) is 0 Å². The smallest absolute Gasteiger partial charge is 0.310 e. The highest BCUT2D eigenvalue weighted by atomic mass is 16.4. The minimum Gasteiger partial charge on any atom is -0.481 e. The third-order valence-corrected chi connectivity index (χ3v) is 3.73. The van der Waals surface area contributed by atoms with Crippen LogP contribution in [0.3, 0.4) is 0 Å². The number of carbonyl (C=O) groups is 1. The van der Waals surface area contributed by atoms with Gasteiger partial charge in [-0.25, -0.2) is 0 Å². The Bertz CT molecular complexity index is 775. The average molecular weight is 280 g/mol. The molecule has 21 heavy (non-hydrogen) atoms. The summed E-state index contributed by atoms with van der Waals surface area (Å²) in [6, 6.07) is 15.8. The van der Waals surface area contributed by atoms with Crippen molar-refractivity contribution in [1.29, 1.82) is 0 Å². The molecule has 3 aromatic rings. The van der Waals surface area contributed by atoms with Crippen LogP contribution in [0.25, 0.3) is 10.9 Å². The van der Waals surface area contributed by atoms with Gasteiger partial charge in [0.05, 0.1) is 24.2 Å². The van der Waals surface area contributed by atoms with Crippen LogP contribution in [0.2, 0.25) is 0 Å². The SMILES string of the molecule is CC(C(=O)O)c1ccc(Cn2ncc3ccccc32)cc1. The normalized spacial score (nSPS) is 12.4. The molecule has 1 aromatic heterocycles. The fraction of sp³-hybridized carbons (Fsp3) is 0.176. The number of hydrogen-bond donors (Lipinski definition) is 1. The number of carboxylic acids is 1. The lowest BCUT2D eigenvalue weighted by Crippen LogP contribution is -2.07. The van der Waals surface area contributed by atoms with Gasteiger partial charge < -0.3 is 5.11 Å². The quantitative estimate of drug-likeness (QED) is 0.798. The third kappa shape index (κ3) is 2.65. The highest BCUT2D eigenvalue weighted by Crippen LogP contribution is 2.18. The van der Waals surface area contributed by atoms with Crippen molar-refractivity contribution in [3.8, 4) is 0 Å². The highest BCUT2D eigenvalue weighted by Gasteiger charge is 2.13. The summed E-state index contributed by atoms with van der Waals surface area (Å²) in [5.74, 6) is -1.29. The molecule has 1 atom stereocenters. The lowest BCUT2D eigenvalue weighted by molar-refractivity contribution is -0.138. The van der Waals surface area contributed by atoms with Crippen molar-refractivity contribution in [3.05, 3.63) is 65.9 Å². The number of carboxylic acid groups (broad SMARTS) is 1. The minimum atomic E-state index is -0.805. The summed E-state index contributed by atoms with van der Waals surface area (Å²) in [4.78, 5) is 11.0. The van der Waals surface area contributed by atoms with Gasteiger partial charge >= 0.3 is 5.97 Å². The Kier molecular flexibility index (Phi) is 3.44. The van der Waals surface area contributed by atoms with Gasteiger partial charge in [0.2, 0.25) is 0 Å². The van der Waals surface area contributed by atoms with Crippen molar-refractivity contribution in [2.24, 2.45) is 0 Å². The molecule has 0 spiro atoms. The average Bonchev–Trinajstić information content (AvgIpc) is 2.91. The van der Waals surface area contributed by atoms with Gasteiger partial charge in [-0.1, -0.05) is 42.5 Å². The summed E-state index contributed by atoms with van der Waals surface area (Å²) in [5.41, 5.74) is 3.02. The van der Waals surface area contributed by atoms with Gasteiger partial charge in [-0.2, -0.15) is 5.10 Å². The molecule has 4 nitrogen and oxygen atoms in total. The second kappa shape index (κ2) is 5.40. The monoisotopic (exact) mass is 280 g/mol. The molecule has 2 aromatic carbocycles. The van der Waals surface area contributed by atoms with E-state index in [1.54, 1.807) is 6.92 Å². The Labute approximate surface area is 122 Å². The first-order valence-electron chi connectivity index (χ1n) is 6.87. The van der Waals surface area contributed by atoms with Crippen molar-refractivity contribution in [2.75, 3.05) is 0 Å². The van der Waals surface area contributed by atoms with Crippen LogP contribution in [0.15, 0.2) is 54.7 Å². The zero-order valence-corrected chi connectivity index (χ0v) is 11.7. The van der Waals surface area contributed by atoms with Crippen LogP contribution in [-0.2, 0) is 11.3 Å². The maximum absolute atomic E-state index is 11.0. The molecule has 4 heteroatoms. The van der Waals surface area contributed by atoms with Crippen LogP contribution in [-0.4, -0.2) is 20.9 Å². The molecule has 0 aliphatic carbocycles. The highest BCUT2D eigenvalue weighted by molar-refractivity contribution is 5.78. The number of hydrogen-bond acceptors (Lipinski definition) is 2. The van der Waals surface area contributed by atoms with E-state index in [4.69, 9.17) is 5.11 Å². The molecule has 0 bridgehead atoms. The Balaban J connectivity index is 1.84. The predicted octanol–water partition coefficient (Wildman–Crippen LogP) is 3.27. The molecule has 106 valence electrons. The molecule has 3 rings (SSSR count). The number of benzene rings is 2. The number of aromatic nitrogens is 2. The van der Waals surface area contributed by atoms with Crippen LogP contribution >= 0.6 is 0 Å². The van der Waals surface area contributed by atoms with Crippen molar-refractivity contribution in [2.45, 2.75) is 19.4 Å². The number of para-hydroxylation sites is 1. The first-order valence-corrected chi connectivity index (χ1v) is 6.87. The largest absolute Gasteiger partial charge is 0.481 e. The zero-order valence-electron chi connectivity index (χ0n) is 11.7. The molecule has 1 N–H and O–H groups in total. The first kappa shape index (κ1) is 13.4. The van der Waals surface area contributed by atoms with Crippen LogP contribution in [0.4, 0.5) is 0 Å². The molecular weight excluding hydrogens is 264 g/mol. The van der Waals surface area contributed by atoms with E-state index >= 15 is 0 Å². The van der Waals surface area contributed by atoms with Crippen molar-refractivity contribution in [3.63, 3.8) is 0 Å². The van der Waals surface area contributed by atoms with E-state index in [1.165, 1.54) is 0 Å². The molecule has 0 saturated heterocycles. The summed E-state index contributed by atoms with van der Waals surface area (Å²) in [5, 5.41) is 14.5. The Morgan fingerprint density at radius 2 is 1.90 bits per heavy atom. The Hall–Kier alpha value is -2.62. The lowest BCUT2D eigenvalue weighted by Gasteiger charge is -2.08. The molecule has 0 saturated carbocycles. The molecule has 0 amide bonds. The van der Waals surface area contributed by atoms with Crippen LogP contribution in [0.1, 0.15) is 24.0 Å². The van der Waals surface area contributed by atoms with E-state index in [1.807, 2.05) is 59.4 Å². The van der Waals surface area contributed by atoms with Gasteiger partial charge in [0.25, 0.3) is 0 Å². The maximum Gasteiger partial charge on any atom is 0.310 e.